The molecule has 4 aliphatic rings. The summed E-state index contributed by atoms with van der Waals surface area (Å²) < 4.78 is 10.7. The number of carbonyl (C=O) groups is 2. The fourth-order valence-electron chi connectivity index (χ4n) is 6.65. The van der Waals surface area contributed by atoms with E-state index in [1.54, 1.807) is 0 Å². The van der Waals surface area contributed by atoms with Gasteiger partial charge in [-0.1, -0.05) is 13.0 Å². The first-order valence-electron chi connectivity index (χ1n) is 10.1. The Hall–Kier alpha value is -1.32. The summed E-state index contributed by atoms with van der Waals surface area (Å²) in [5, 5.41) is 0. The zero-order valence-corrected chi connectivity index (χ0v) is 15.4. The van der Waals surface area contributed by atoms with Crippen molar-refractivity contribution in [3.8, 4) is 0 Å². The zero-order chi connectivity index (χ0) is 17.6. The summed E-state index contributed by atoms with van der Waals surface area (Å²) in [6.07, 6.45) is 11.1. The third-order valence-corrected chi connectivity index (χ3v) is 7.78. The minimum absolute atomic E-state index is 0.00120. The number of hydrogen-bond acceptors (Lipinski definition) is 4. The van der Waals surface area contributed by atoms with Gasteiger partial charge in [0.05, 0.1) is 6.61 Å². The van der Waals surface area contributed by atoms with Gasteiger partial charge >= 0.3 is 6.16 Å². The highest BCUT2D eigenvalue weighted by Gasteiger charge is 2.58. The van der Waals surface area contributed by atoms with Crippen LogP contribution in [-0.4, -0.2) is 24.6 Å². The molecule has 25 heavy (non-hydrogen) atoms. The molecule has 0 N–H and O–H groups in total. The van der Waals surface area contributed by atoms with Crippen LogP contribution in [0.15, 0.2) is 12.2 Å². The topological polar surface area (TPSA) is 52.6 Å². The second kappa shape index (κ2) is 6.44. The zero-order valence-electron chi connectivity index (χ0n) is 15.4. The van der Waals surface area contributed by atoms with Gasteiger partial charge in [0, 0.05) is 11.8 Å². The number of rotatable bonds is 2. The predicted octanol–water partition coefficient (Wildman–Crippen LogP) is 4.53. The van der Waals surface area contributed by atoms with E-state index in [0.29, 0.717) is 42.0 Å². The molecule has 0 aliphatic heterocycles. The first kappa shape index (κ1) is 17.1. The molecule has 0 aromatic rings. The minimum Gasteiger partial charge on any atom is -0.435 e. The monoisotopic (exact) mass is 346 g/mol. The van der Waals surface area contributed by atoms with E-state index in [2.05, 4.69) is 13.0 Å². The standard InChI is InChI=1S/C21H30O4/c1-3-24-20(23)25-19-9-8-18-17-6-4-13-12-14(22)5-7-15(13)16(17)10-11-21(18,19)2/h5,7,13,15-19H,3-4,6,8-12H2,1-2H3/t13-,15-,16+,17+,18-,19-,21-/m0/s1. The van der Waals surface area contributed by atoms with Crippen LogP contribution in [0.1, 0.15) is 58.8 Å². The fourth-order valence-corrected chi connectivity index (χ4v) is 6.65. The maximum atomic E-state index is 11.8. The van der Waals surface area contributed by atoms with Gasteiger partial charge in [0.2, 0.25) is 0 Å². The van der Waals surface area contributed by atoms with Crippen LogP contribution in [0.5, 0.6) is 0 Å². The van der Waals surface area contributed by atoms with Crippen LogP contribution in [0.2, 0.25) is 0 Å². The Labute approximate surface area is 150 Å². The van der Waals surface area contributed by atoms with Gasteiger partial charge in [-0.2, -0.15) is 0 Å². The Morgan fingerprint density at radius 1 is 1.20 bits per heavy atom. The molecule has 0 amide bonds. The lowest BCUT2D eigenvalue weighted by molar-refractivity contribution is -0.118. The first-order chi connectivity index (χ1) is 12.0. The molecule has 3 fully saturated rings. The number of allylic oxidation sites excluding steroid dienone is 2. The van der Waals surface area contributed by atoms with E-state index in [0.717, 1.165) is 25.7 Å². The van der Waals surface area contributed by atoms with Crippen molar-refractivity contribution in [1.82, 2.24) is 0 Å². The van der Waals surface area contributed by atoms with E-state index >= 15 is 0 Å². The molecule has 138 valence electrons. The highest BCUT2D eigenvalue weighted by molar-refractivity contribution is 5.90. The molecule has 4 heteroatoms. The third kappa shape index (κ3) is 2.82. The van der Waals surface area contributed by atoms with Gasteiger partial charge in [0.25, 0.3) is 0 Å². The molecule has 0 radical (unpaired) electrons. The van der Waals surface area contributed by atoms with E-state index in [4.69, 9.17) is 9.47 Å². The van der Waals surface area contributed by atoms with Crippen LogP contribution in [0.25, 0.3) is 0 Å². The number of carbonyl (C=O) groups excluding carboxylic acids is 2. The number of ether oxygens (including phenoxy) is 2. The molecule has 7 atom stereocenters. The van der Waals surface area contributed by atoms with Crippen molar-refractivity contribution in [2.75, 3.05) is 6.61 Å². The third-order valence-electron chi connectivity index (χ3n) is 7.78. The molecule has 0 unspecified atom stereocenters. The van der Waals surface area contributed by atoms with E-state index < -0.39 is 6.16 Å². The average molecular weight is 346 g/mol. The predicted molar refractivity (Wildman–Crippen MR) is 93.9 cm³/mol. The van der Waals surface area contributed by atoms with Crippen molar-refractivity contribution < 1.29 is 19.1 Å². The van der Waals surface area contributed by atoms with E-state index in [9.17, 15) is 9.59 Å². The van der Waals surface area contributed by atoms with Crippen molar-refractivity contribution in [2.45, 2.75) is 64.9 Å². The Kier molecular flexibility index (Phi) is 4.41. The van der Waals surface area contributed by atoms with Gasteiger partial charge in [-0.3, -0.25) is 4.79 Å². The summed E-state index contributed by atoms with van der Waals surface area (Å²) >= 11 is 0. The van der Waals surface area contributed by atoms with Gasteiger partial charge < -0.3 is 9.47 Å². The maximum absolute atomic E-state index is 11.8. The fraction of sp³-hybridized carbons (Fsp3) is 0.810. The van der Waals surface area contributed by atoms with Crippen molar-refractivity contribution in [3.63, 3.8) is 0 Å². The lowest BCUT2D eigenvalue weighted by atomic mass is 9.51. The molecule has 0 heterocycles. The van der Waals surface area contributed by atoms with Gasteiger partial charge in [-0.05, 0) is 81.1 Å². The summed E-state index contributed by atoms with van der Waals surface area (Å²) in [6, 6.07) is 0. The lowest BCUT2D eigenvalue weighted by Crippen LogP contribution is -2.49. The van der Waals surface area contributed by atoms with Crippen LogP contribution >= 0.6 is 0 Å². The van der Waals surface area contributed by atoms with Crippen LogP contribution in [0.3, 0.4) is 0 Å². The lowest BCUT2D eigenvalue weighted by Gasteiger charge is -2.54. The Morgan fingerprint density at radius 3 is 2.84 bits per heavy atom. The molecule has 4 nitrogen and oxygen atoms in total. The quantitative estimate of drug-likeness (QED) is 0.690. The normalized spacial score (nSPS) is 45.3. The molecule has 0 aromatic carbocycles. The first-order valence-corrected chi connectivity index (χ1v) is 10.1. The van der Waals surface area contributed by atoms with Gasteiger partial charge in [0.15, 0.2) is 5.78 Å². The minimum atomic E-state index is -0.506. The maximum Gasteiger partial charge on any atom is 0.508 e. The van der Waals surface area contributed by atoms with Crippen molar-refractivity contribution in [2.24, 2.45) is 35.0 Å². The molecular weight excluding hydrogens is 316 g/mol. The highest BCUT2D eigenvalue weighted by Crippen LogP contribution is 2.62. The van der Waals surface area contributed by atoms with Crippen molar-refractivity contribution >= 4 is 11.9 Å². The SMILES string of the molecule is CCOC(=O)O[C@H]1CC[C@H]2[C@@H]3CC[C@H]4CC(=O)C=C[C@@H]4[C@H]3CC[C@]12C. The number of hydrogen-bond donors (Lipinski definition) is 0. The Balaban J connectivity index is 1.51. The number of ketones is 1. The summed E-state index contributed by atoms with van der Waals surface area (Å²) in [6.45, 7) is 4.51. The summed E-state index contributed by atoms with van der Waals surface area (Å²) in [5.41, 5.74) is 0.0922. The second-order valence-corrected chi connectivity index (χ2v) is 8.79. The summed E-state index contributed by atoms with van der Waals surface area (Å²) in [4.78, 5) is 23.6. The second-order valence-electron chi connectivity index (χ2n) is 8.79. The highest BCUT2D eigenvalue weighted by atomic mass is 16.7. The summed E-state index contributed by atoms with van der Waals surface area (Å²) in [5.74, 6) is 3.53. The molecular formula is C21H30O4. The van der Waals surface area contributed by atoms with Crippen molar-refractivity contribution in [1.29, 1.82) is 0 Å². The van der Waals surface area contributed by atoms with Crippen LogP contribution in [-0.2, 0) is 14.3 Å². The number of fused-ring (bicyclic) bond motifs is 5. The van der Waals surface area contributed by atoms with E-state index in [1.807, 2.05) is 13.0 Å². The van der Waals surface area contributed by atoms with Crippen LogP contribution in [0, 0.1) is 35.0 Å². The molecule has 4 rings (SSSR count). The van der Waals surface area contributed by atoms with Gasteiger partial charge in [-0.25, -0.2) is 4.79 Å². The molecule has 0 saturated heterocycles. The molecule has 0 bridgehead atoms. The average Bonchev–Trinajstić information content (AvgIpc) is 2.91. The van der Waals surface area contributed by atoms with Crippen LogP contribution < -0.4 is 0 Å². The van der Waals surface area contributed by atoms with E-state index in [1.165, 1.54) is 19.3 Å². The molecule has 0 aromatic heterocycles. The Bertz CT molecular complexity index is 582. The largest absolute Gasteiger partial charge is 0.508 e. The van der Waals surface area contributed by atoms with Crippen molar-refractivity contribution in [3.05, 3.63) is 12.2 Å². The smallest absolute Gasteiger partial charge is 0.435 e. The molecule has 4 aliphatic carbocycles. The molecule has 0 spiro atoms. The molecule has 3 saturated carbocycles. The summed E-state index contributed by atoms with van der Waals surface area (Å²) in [7, 11) is 0. The van der Waals surface area contributed by atoms with Gasteiger partial charge in [-0.15, -0.1) is 0 Å². The van der Waals surface area contributed by atoms with E-state index in [-0.39, 0.29) is 11.5 Å². The Morgan fingerprint density at radius 2 is 2.04 bits per heavy atom. The van der Waals surface area contributed by atoms with Gasteiger partial charge in [0.1, 0.15) is 6.10 Å². The van der Waals surface area contributed by atoms with Crippen LogP contribution in [0.4, 0.5) is 4.79 Å².